The summed E-state index contributed by atoms with van der Waals surface area (Å²) < 4.78 is 0. The van der Waals surface area contributed by atoms with Crippen molar-refractivity contribution in [2.75, 3.05) is 6.54 Å². The number of hydrogen-bond donors (Lipinski definition) is 1. The summed E-state index contributed by atoms with van der Waals surface area (Å²) >= 11 is 0. The van der Waals surface area contributed by atoms with Crippen LogP contribution in [0.5, 0.6) is 0 Å². The Balaban J connectivity index is 1.76. The summed E-state index contributed by atoms with van der Waals surface area (Å²) in [6.07, 6.45) is 8.02. The Morgan fingerprint density at radius 2 is 1.71 bits per heavy atom. The molecule has 1 N–H and O–H groups in total. The SMILES string of the molecule is Cc1ccc(-c2c(C)c3c(c(C)c2CC(=O)O)CCN(C(C)C2CCCCC2)C3)cc1. The Hall–Kier alpha value is -2.13. The van der Waals surface area contributed by atoms with Crippen LogP contribution in [0.3, 0.4) is 0 Å². The molecule has 2 aromatic carbocycles. The molecule has 1 unspecified atom stereocenters. The highest BCUT2D eigenvalue weighted by Gasteiger charge is 2.31. The number of rotatable bonds is 5. The minimum atomic E-state index is -0.751. The molecular formula is C28H37NO2. The van der Waals surface area contributed by atoms with Gasteiger partial charge in [-0.15, -0.1) is 0 Å². The second-order valence-corrected chi connectivity index (χ2v) is 9.86. The summed E-state index contributed by atoms with van der Waals surface area (Å²) in [5, 5.41) is 9.65. The number of carboxylic acid groups (broad SMARTS) is 1. The van der Waals surface area contributed by atoms with E-state index in [0.29, 0.717) is 6.04 Å². The first-order valence-electron chi connectivity index (χ1n) is 12.0. The largest absolute Gasteiger partial charge is 0.481 e. The van der Waals surface area contributed by atoms with Gasteiger partial charge in [-0.3, -0.25) is 9.69 Å². The average molecular weight is 420 g/mol. The van der Waals surface area contributed by atoms with Gasteiger partial charge in [-0.05, 0) is 91.8 Å². The maximum absolute atomic E-state index is 11.7. The fraction of sp³-hybridized carbons (Fsp3) is 0.536. The number of carboxylic acids is 1. The third-order valence-corrected chi connectivity index (χ3v) is 7.99. The predicted octanol–water partition coefficient (Wildman–Crippen LogP) is 6.23. The van der Waals surface area contributed by atoms with Crippen LogP contribution >= 0.6 is 0 Å². The van der Waals surface area contributed by atoms with Crippen LogP contribution in [0.4, 0.5) is 0 Å². The van der Waals surface area contributed by atoms with Crippen molar-refractivity contribution < 1.29 is 9.90 Å². The van der Waals surface area contributed by atoms with Crippen LogP contribution in [0.25, 0.3) is 11.1 Å². The van der Waals surface area contributed by atoms with Gasteiger partial charge in [-0.25, -0.2) is 0 Å². The molecule has 0 radical (unpaired) electrons. The monoisotopic (exact) mass is 419 g/mol. The van der Waals surface area contributed by atoms with E-state index in [-0.39, 0.29) is 6.42 Å². The summed E-state index contributed by atoms with van der Waals surface area (Å²) in [7, 11) is 0. The van der Waals surface area contributed by atoms with Gasteiger partial charge in [-0.1, -0.05) is 49.1 Å². The number of nitrogens with zero attached hydrogens (tertiary/aromatic N) is 1. The first-order valence-corrected chi connectivity index (χ1v) is 12.0. The molecule has 0 spiro atoms. The lowest BCUT2D eigenvalue weighted by molar-refractivity contribution is -0.136. The average Bonchev–Trinajstić information content (AvgIpc) is 2.78. The zero-order valence-electron chi connectivity index (χ0n) is 19.6. The molecule has 1 aliphatic carbocycles. The fourth-order valence-corrected chi connectivity index (χ4v) is 6.03. The molecule has 31 heavy (non-hydrogen) atoms. The Morgan fingerprint density at radius 1 is 1.03 bits per heavy atom. The topological polar surface area (TPSA) is 40.5 Å². The first-order chi connectivity index (χ1) is 14.9. The van der Waals surface area contributed by atoms with Gasteiger partial charge >= 0.3 is 5.97 Å². The highest BCUT2D eigenvalue weighted by atomic mass is 16.4. The summed E-state index contributed by atoms with van der Waals surface area (Å²) in [5.74, 6) is 0.0683. The number of carbonyl (C=O) groups is 1. The molecule has 1 atom stereocenters. The number of aliphatic carboxylic acids is 1. The Kier molecular flexibility index (Phi) is 6.52. The predicted molar refractivity (Wildman–Crippen MR) is 128 cm³/mol. The van der Waals surface area contributed by atoms with Crippen molar-refractivity contribution in [2.45, 2.75) is 85.2 Å². The standard InChI is InChI=1S/C28H37NO2/c1-18-10-12-23(13-11-18)28-20(3)26-17-29(21(4)22-8-6-5-7-9-22)15-14-24(26)19(2)25(28)16-27(30)31/h10-13,21-22H,5-9,14-17H2,1-4H3,(H,30,31). The summed E-state index contributed by atoms with van der Waals surface area (Å²) in [6, 6.07) is 9.19. The summed E-state index contributed by atoms with van der Waals surface area (Å²) in [4.78, 5) is 14.4. The third-order valence-electron chi connectivity index (χ3n) is 7.99. The van der Waals surface area contributed by atoms with Crippen molar-refractivity contribution in [3.05, 3.63) is 57.6 Å². The lowest BCUT2D eigenvalue weighted by Crippen LogP contribution is -2.43. The highest BCUT2D eigenvalue weighted by Crippen LogP contribution is 2.39. The van der Waals surface area contributed by atoms with E-state index in [9.17, 15) is 9.90 Å². The molecule has 4 rings (SSSR count). The molecule has 0 amide bonds. The maximum atomic E-state index is 11.7. The zero-order chi connectivity index (χ0) is 22.1. The van der Waals surface area contributed by atoms with Crippen molar-refractivity contribution in [3.8, 4) is 11.1 Å². The van der Waals surface area contributed by atoms with Crippen LogP contribution in [0.15, 0.2) is 24.3 Å². The zero-order valence-corrected chi connectivity index (χ0v) is 19.6. The van der Waals surface area contributed by atoms with Gasteiger partial charge in [0.05, 0.1) is 6.42 Å². The number of aryl methyl sites for hydroxylation is 1. The molecule has 0 saturated heterocycles. The van der Waals surface area contributed by atoms with E-state index in [4.69, 9.17) is 0 Å². The molecule has 0 aromatic heterocycles. The maximum Gasteiger partial charge on any atom is 0.307 e. The normalized spacial score (nSPS) is 18.6. The van der Waals surface area contributed by atoms with E-state index < -0.39 is 5.97 Å². The minimum Gasteiger partial charge on any atom is -0.481 e. The Morgan fingerprint density at radius 3 is 2.35 bits per heavy atom. The van der Waals surface area contributed by atoms with Crippen molar-refractivity contribution >= 4 is 5.97 Å². The number of hydrogen-bond acceptors (Lipinski definition) is 2. The van der Waals surface area contributed by atoms with E-state index in [2.05, 4.69) is 56.9 Å². The third kappa shape index (κ3) is 4.43. The van der Waals surface area contributed by atoms with E-state index in [1.54, 1.807) is 0 Å². The summed E-state index contributed by atoms with van der Waals surface area (Å²) in [6.45, 7) is 11.0. The molecule has 1 saturated carbocycles. The fourth-order valence-electron chi connectivity index (χ4n) is 6.03. The van der Waals surface area contributed by atoms with Crippen molar-refractivity contribution in [3.63, 3.8) is 0 Å². The lowest BCUT2D eigenvalue weighted by atomic mass is 9.79. The van der Waals surface area contributed by atoms with Crippen molar-refractivity contribution in [1.29, 1.82) is 0 Å². The van der Waals surface area contributed by atoms with Gasteiger partial charge in [0.25, 0.3) is 0 Å². The molecule has 166 valence electrons. The van der Waals surface area contributed by atoms with Crippen LogP contribution in [-0.2, 0) is 24.2 Å². The van der Waals surface area contributed by atoms with Gasteiger partial charge in [0, 0.05) is 19.1 Å². The van der Waals surface area contributed by atoms with Gasteiger partial charge < -0.3 is 5.11 Å². The van der Waals surface area contributed by atoms with E-state index in [1.807, 2.05) is 0 Å². The highest BCUT2D eigenvalue weighted by molar-refractivity contribution is 5.81. The second kappa shape index (κ2) is 9.16. The molecule has 2 aliphatic rings. The lowest BCUT2D eigenvalue weighted by Gasteiger charge is -2.41. The van der Waals surface area contributed by atoms with Crippen LogP contribution in [-0.4, -0.2) is 28.6 Å². The molecule has 0 bridgehead atoms. The van der Waals surface area contributed by atoms with Gasteiger partial charge in [0.2, 0.25) is 0 Å². The molecule has 1 heterocycles. The summed E-state index contributed by atoms with van der Waals surface area (Å²) in [5.41, 5.74) is 9.83. The van der Waals surface area contributed by atoms with Crippen molar-refractivity contribution in [2.24, 2.45) is 5.92 Å². The smallest absolute Gasteiger partial charge is 0.307 e. The first kappa shape index (κ1) is 22.1. The molecule has 1 fully saturated rings. The van der Waals surface area contributed by atoms with Gasteiger partial charge in [0.15, 0.2) is 0 Å². The quantitative estimate of drug-likeness (QED) is 0.624. The van der Waals surface area contributed by atoms with E-state index in [1.165, 1.54) is 59.9 Å². The minimum absolute atomic E-state index is 0.0886. The number of fused-ring (bicyclic) bond motifs is 1. The van der Waals surface area contributed by atoms with Crippen LogP contribution < -0.4 is 0 Å². The Bertz CT molecular complexity index is 954. The van der Waals surface area contributed by atoms with Crippen LogP contribution in [0, 0.1) is 26.7 Å². The van der Waals surface area contributed by atoms with Crippen molar-refractivity contribution in [1.82, 2.24) is 4.90 Å². The molecule has 3 heteroatoms. The van der Waals surface area contributed by atoms with E-state index >= 15 is 0 Å². The van der Waals surface area contributed by atoms with Gasteiger partial charge in [0.1, 0.15) is 0 Å². The number of benzene rings is 2. The Labute approximate surface area is 187 Å². The second-order valence-electron chi connectivity index (χ2n) is 9.86. The molecule has 2 aromatic rings. The van der Waals surface area contributed by atoms with Crippen LogP contribution in [0.2, 0.25) is 0 Å². The van der Waals surface area contributed by atoms with E-state index in [0.717, 1.165) is 42.1 Å². The molecular weight excluding hydrogens is 382 g/mol. The van der Waals surface area contributed by atoms with Gasteiger partial charge in [-0.2, -0.15) is 0 Å². The molecule has 1 aliphatic heterocycles. The van der Waals surface area contributed by atoms with Crippen LogP contribution in [0.1, 0.15) is 72.4 Å². The molecule has 3 nitrogen and oxygen atoms in total.